The number of hydrogen-bond donors (Lipinski definition) is 1. The first-order chi connectivity index (χ1) is 8.85. The molecule has 1 heterocycles. The van der Waals surface area contributed by atoms with Crippen molar-refractivity contribution in [1.82, 2.24) is 15.1 Å². The van der Waals surface area contributed by atoms with Gasteiger partial charge in [-0.3, -0.25) is 4.68 Å². The highest BCUT2D eigenvalue weighted by Gasteiger charge is 2.14. The van der Waals surface area contributed by atoms with Gasteiger partial charge in [-0.15, -0.1) is 0 Å². The van der Waals surface area contributed by atoms with Crippen LogP contribution in [0.2, 0.25) is 0 Å². The summed E-state index contributed by atoms with van der Waals surface area (Å²) in [5.41, 5.74) is 2.52. The summed E-state index contributed by atoms with van der Waals surface area (Å²) in [4.78, 5) is 0. The molecule has 1 atom stereocenters. The van der Waals surface area contributed by atoms with Crippen LogP contribution in [-0.4, -0.2) is 16.3 Å². The third-order valence-electron chi connectivity index (χ3n) is 2.98. The molecule has 0 amide bonds. The molecule has 2 aromatic rings. The van der Waals surface area contributed by atoms with Crippen molar-refractivity contribution in [2.24, 2.45) is 0 Å². The highest BCUT2D eigenvalue weighted by atomic mass is 15.3. The van der Waals surface area contributed by atoms with Crippen LogP contribution in [0.4, 0.5) is 0 Å². The molecule has 2 rings (SSSR count). The van der Waals surface area contributed by atoms with Crippen LogP contribution < -0.4 is 5.32 Å². The van der Waals surface area contributed by atoms with E-state index in [0.717, 1.165) is 19.5 Å². The lowest BCUT2D eigenvalue weighted by molar-refractivity contribution is 0.597. The summed E-state index contributed by atoms with van der Waals surface area (Å²) in [5.74, 6) is 0. The quantitative estimate of drug-likeness (QED) is 0.845. The maximum absolute atomic E-state index is 4.41. The summed E-state index contributed by atoms with van der Waals surface area (Å²) in [6.45, 7) is 6.22. The van der Waals surface area contributed by atoms with Gasteiger partial charge in [-0.05, 0) is 18.5 Å². The molecular weight excluding hydrogens is 222 g/mol. The highest BCUT2D eigenvalue weighted by Crippen LogP contribution is 2.21. The van der Waals surface area contributed by atoms with Gasteiger partial charge >= 0.3 is 0 Å². The fraction of sp³-hybridized carbons (Fsp3) is 0.400. The Labute approximate surface area is 109 Å². The van der Waals surface area contributed by atoms with Gasteiger partial charge in [0.1, 0.15) is 0 Å². The predicted octanol–water partition coefficient (Wildman–Crippen LogP) is 2.99. The van der Waals surface area contributed by atoms with Gasteiger partial charge in [-0.25, -0.2) is 0 Å². The van der Waals surface area contributed by atoms with E-state index in [-0.39, 0.29) is 6.04 Å². The second kappa shape index (κ2) is 6.36. The van der Waals surface area contributed by atoms with Crippen molar-refractivity contribution < 1.29 is 0 Å². The fourth-order valence-corrected chi connectivity index (χ4v) is 2.16. The summed E-state index contributed by atoms with van der Waals surface area (Å²) in [6, 6.07) is 10.8. The lowest BCUT2D eigenvalue weighted by atomic mass is 10.0. The van der Waals surface area contributed by atoms with Gasteiger partial charge in [-0.1, -0.05) is 44.2 Å². The van der Waals surface area contributed by atoms with Crippen LogP contribution in [0.5, 0.6) is 0 Å². The predicted molar refractivity (Wildman–Crippen MR) is 74.5 cm³/mol. The lowest BCUT2D eigenvalue weighted by Gasteiger charge is -2.16. The van der Waals surface area contributed by atoms with Crippen molar-refractivity contribution in [2.75, 3.05) is 6.54 Å². The molecule has 1 N–H and O–H groups in total. The van der Waals surface area contributed by atoms with Crippen molar-refractivity contribution in [3.05, 3.63) is 53.9 Å². The Bertz CT molecular complexity index is 462. The average molecular weight is 243 g/mol. The monoisotopic (exact) mass is 243 g/mol. The summed E-state index contributed by atoms with van der Waals surface area (Å²) >= 11 is 0. The van der Waals surface area contributed by atoms with E-state index >= 15 is 0 Å². The summed E-state index contributed by atoms with van der Waals surface area (Å²) < 4.78 is 2.02. The molecule has 0 aliphatic carbocycles. The van der Waals surface area contributed by atoms with E-state index in [1.807, 2.05) is 16.9 Å². The zero-order valence-electron chi connectivity index (χ0n) is 11.1. The van der Waals surface area contributed by atoms with E-state index in [1.165, 1.54) is 11.1 Å². The van der Waals surface area contributed by atoms with Gasteiger partial charge in [0.25, 0.3) is 0 Å². The Kier molecular flexibility index (Phi) is 4.53. The largest absolute Gasteiger partial charge is 0.306 e. The van der Waals surface area contributed by atoms with Crippen LogP contribution in [0.3, 0.4) is 0 Å². The van der Waals surface area contributed by atoms with E-state index in [0.29, 0.717) is 0 Å². The third-order valence-corrected chi connectivity index (χ3v) is 2.98. The van der Waals surface area contributed by atoms with E-state index < -0.39 is 0 Å². The molecule has 0 aliphatic heterocycles. The molecule has 1 aromatic carbocycles. The second-order valence-electron chi connectivity index (χ2n) is 4.44. The third kappa shape index (κ3) is 2.99. The van der Waals surface area contributed by atoms with Crippen molar-refractivity contribution in [3.63, 3.8) is 0 Å². The van der Waals surface area contributed by atoms with Gasteiger partial charge < -0.3 is 5.32 Å². The van der Waals surface area contributed by atoms with E-state index in [4.69, 9.17) is 0 Å². The van der Waals surface area contributed by atoms with E-state index in [9.17, 15) is 0 Å². The van der Waals surface area contributed by atoms with Crippen LogP contribution >= 0.6 is 0 Å². The minimum absolute atomic E-state index is 0.238. The first-order valence-electron chi connectivity index (χ1n) is 6.65. The highest BCUT2D eigenvalue weighted by molar-refractivity contribution is 5.28. The second-order valence-corrected chi connectivity index (χ2v) is 4.44. The number of nitrogens with zero attached hydrogens (tertiary/aromatic N) is 2. The summed E-state index contributed by atoms with van der Waals surface area (Å²) in [6.07, 6.45) is 5.22. The van der Waals surface area contributed by atoms with Gasteiger partial charge in [0.15, 0.2) is 0 Å². The Morgan fingerprint density at radius 1 is 1.17 bits per heavy atom. The zero-order chi connectivity index (χ0) is 12.8. The molecule has 0 spiro atoms. The number of aromatic nitrogens is 2. The Hall–Kier alpha value is -1.61. The van der Waals surface area contributed by atoms with Crippen LogP contribution in [0, 0.1) is 0 Å². The molecule has 3 nitrogen and oxygen atoms in total. The van der Waals surface area contributed by atoms with Crippen LogP contribution in [0.1, 0.15) is 37.4 Å². The first kappa shape index (κ1) is 12.8. The molecule has 0 aliphatic rings. The van der Waals surface area contributed by atoms with Gasteiger partial charge in [0.05, 0.1) is 12.2 Å². The van der Waals surface area contributed by atoms with Crippen molar-refractivity contribution in [2.45, 2.75) is 32.9 Å². The van der Waals surface area contributed by atoms with Crippen molar-refractivity contribution >= 4 is 0 Å². The van der Waals surface area contributed by atoms with Gasteiger partial charge in [-0.2, -0.15) is 5.10 Å². The number of benzene rings is 1. The van der Waals surface area contributed by atoms with Crippen molar-refractivity contribution in [3.8, 4) is 0 Å². The maximum atomic E-state index is 4.41. The number of hydrogen-bond acceptors (Lipinski definition) is 2. The van der Waals surface area contributed by atoms with E-state index in [1.54, 1.807) is 0 Å². The SMILES string of the molecule is CCCn1cc(C(NCC)c2ccccc2)cn1. The molecule has 18 heavy (non-hydrogen) atoms. The topological polar surface area (TPSA) is 29.9 Å². The molecule has 1 unspecified atom stereocenters. The number of nitrogens with one attached hydrogen (secondary N) is 1. The van der Waals surface area contributed by atoms with Crippen LogP contribution in [0.25, 0.3) is 0 Å². The van der Waals surface area contributed by atoms with E-state index in [2.05, 4.69) is 54.7 Å². The summed E-state index contributed by atoms with van der Waals surface area (Å²) in [7, 11) is 0. The molecule has 0 fully saturated rings. The average Bonchev–Trinajstić information content (AvgIpc) is 2.86. The standard InChI is InChI=1S/C15H21N3/c1-3-10-18-12-14(11-17-18)15(16-4-2)13-8-6-5-7-9-13/h5-9,11-12,15-16H,3-4,10H2,1-2H3. The Balaban J connectivity index is 2.23. The Morgan fingerprint density at radius 2 is 1.94 bits per heavy atom. The molecule has 0 saturated heterocycles. The minimum Gasteiger partial charge on any atom is -0.306 e. The lowest BCUT2D eigenvalue weighted by Crippen LogP contribution is -2.21. The van der Waals surface area contributed by atoms with Crippen molar-refractivity contribution in [1.29, 1.82) is 0 Å². The zero-order valence-corrected chi connectivity index (χ0v) is 11.1. The van der Waals surface area contributed by atoms with Gasteiger partial charge in [0, 0.05) is 18.3 Å². The van der Waals surface area contributed by atoms with Crippen LogP contribution in [0.15, 0.2) is 42.7 Å². The minimum atomic E-state index is 0.238. The Morgan fingerprint density at radius 3 is 2.61 bits per heavy atom. The molecule has 0 radical (unpaired) electrons. The number of aryl methyl sites for hydroxylation is 1. The molecular formula is C15H21N3. The van der Waals surface area contributed by atoms with Crippen LogP contribution in [-0.2, 0) is 6.54 Å². The molecule has 96 valence electrons. The molecule has 3 heteroatoms. The summed E-state index contributed by atoms with van der Waals surface area (Å²) in [5, 5.41) is 7.93. The molecule has 0 saturated carbocycles. The number of rotatable bonds is 6. The first-order valence-corrected chi connectivity index (χ1v) is 6.65. The molecule has 1 aromatic heterocycles. The fourth-order valence-electron chi connectivity index (χ4n) is 2.16. The molecule has 0 bridgehead atoms. The normalized spacial score (nSPS) is 12.6. The maximum Gasteiger partial charge on any atom is 0.0607 e. The van der Waals surface area contributed by atoms with Gasteiger partial charge in [0.2, 0.25) is 0 Å². The smallest absolute Gasteiger partial charge is 0.0607 e.